The summed E-state index contributed by atoms with van der Waals surface area (Å²) in [6, 6.07) is 9.21. The maximum Gasteiger partial charge on any atom is 0.134 e. The Morgan fingerprint density at radius 2 is 0.933 bits per heavy atom. The standard InChI is InChI=1S/C26H40O2P2/c1-23(2)13-21(27)14-24(3,4)29(23)17-19-10-9-11-20(12-19)18-30-25(5,6)15-22(28)16-26(30,7)8/h9-12H,13-18H2,1-8H3. The lowest BCUT2D eigenvalue weighted by molar-refractivity contribution is -0.121. The average molecular weight is 447 g/mol. The zero-order chi connectivity index (χ0) is 22.5. The molecule has 30 heavy (non-hydrogen) atoms. The van der Waals surface area contributed by atoms with Gasteiger partial charge in [-0.25, -0.2) is 0 Å². The summed E-state index contributed by atoms with van der Waals surface area (Å²) in [4.78, 5) is 24.6. The Morgan fingerprint density at radius 3 is 1.23 bits per heavy atom. The van der Waals surface area contributed by atoms with Crippen molar-refractivity contribution in [3.63, 3.8) is 0 Å². The third-order valence-electron chi connectivity index (χ3n) is 7.11. The lowest BCUT2D eigenvalue weighted by atomic mass is 9.96. The van der Waals surface area contributed by atoms with Crippen molar-refractivity contribution >= 4 is 27.4 Å². The molecule has 0 radical (unpaired) electrons. The van der Waals surface area contributed by atoms with E-state index in [1.165, 1.54) is 11.1 Å². The van der Waals surface area contributed by atoms with E-state index < -0.39 is 0 Å². The summed E-state index contributed by atoms with van der Waals surface area (Å²) in [5.41, 5.74) is 2.85. The number of ketones is 2. The van der Waals surface area contributed by atoms with Gasteiger partial charge in [-0.3, -0.25) is 9.59 Å². The van der Waals surface area contributed by atoms with E-state index in [4.69, 9.17) is 0 Å². The van der Waals surface area contributed by atoms with E-state index in [0.29, 0.717) is 11.6 Å². The summed E-state index contributed by atoms with van der Waals surface area (Å²) in [7, 11) is -0.594. The van der Waals surface area contributed by atoms with Crippen LogP contribution in [0.3, 0.4) is 0 Å². The molecule has 4 heteroatoms. The predicted molar refractivity (Wildman–Crippen MR) is 132 cm³/mol. The van der Waals surface area contributed by atoms with Gasteiger partial charge in [-0.15, -0.1) is 0 Å². The van der Waals surface area contributed by atoms with Gasteiger partial charge < -0.3 is 0 Å². The van der Waals surface area contributed by atoms with Crippen LogP contribution >= 0.6 is 15.8 Å². The van der Waals surface area contributed by atoms with E-state index >= 15 is 0 Å². The van der Waals surface area contributed by atoms with Crippen LogP contribution in [0, 0.1) is 0 Å². The number of hydrogen-bond acceptors (Lipinski definition) is 2. The van der Waals surface area contributed by atoms with Crippen LogP contribution in [0.25, 0.3) is 0 Å². The Balaban J connectivity index is 1.83. The van der Waals surface area contributed by atoms with Gasteiger partial charge in [0.1, 0.15) is 11.6 Å². The molecule has 0 atom stereocenters. The lowest BCUT2D eigenvalue weighted by Gasteiger charge is -2.49. The van der Waals surface area contributed by atoms with Gasteiger partial charge in [0.2, 0.25) is 0 Å². The first-order valence-electron chi connectivity index (χ1n) is 11.3. The molecule has 2 heterocycles. The molecule has 2 aliphatic heterocycles. The number of hydrogen-bond donors (Lipinski definition) is 0. The van der Waals surface area contributed by atoms with E-state index in [2.05, 4.69) is 79.7 Å². The van der Waals surface area contributed by atoms with Gasteiger partial charge in [-0.2, -0.15) is 0 Å². The molecule has 0 aliphatic carbocycles. The smallest absolute Gasteiger partial charge is 0.134 e. The molecule has 0 bridgehead atoms. The van der Waals surface area contributed by atoms with Gasteiger partial charge in [-0.05, 0) is 44.1 Å². The fourth-order valence-corrected chi connectivity index (χ4v) is 13.7. The maximum absolute atomic E-state index is 12.3. The lowest BCUT2D eigenvalue weighted by Crippen LogP contribution is -2.40. The van der Waals surface area contributed by atoms with E-state index in [1.54, 1.807) is 0 Å². The Kier molecular flexibility index (Phi) is 6.48. The zero-order valence-electron chi connectivity index (χ0n) is 20.3. The zero-order valence-corrected chi connectivity index (χ0v) is 22.1. The van der Waals surface area contributed by atoms with Crippen molar-refractivity contribution in [2.45, 2.75) is 114 Å². The van der Waals surface area contributed by atoms with Crippen molar-refractivity contribution in [1.29, 1.82) is 0 Å². The molecule has 2 nitrogen and oxygen atoms in total. The SMILES string of the molecule is CC1(C)CC(=O)CC(C)(C)P1Cc1cccc(CP2C(C)(C)CC(=O)CC2(C)C)c1. The third kappa shape index (κ3) is 5.07. The molecule has 166 valence electrons. The minimum absolute atomic E-state index is 0.0992. The van der Waals surface area contributed by atoms with Crippen LogP contribution in [-0.4, -0.2) is 32.2 Å². The Hall–Kier alpha value is -0.580. The molecule has 0 amide bonds. The van der Waals surface area contributed by atoms with Crippen LogP contribution in [0.2, 0.25) is 0 Å². The summed E-state index contributed by atoms with van der Waals surface area (Å²) in [5.74, 6) is 0.855. The van der Waals surface area contributed by atoms with Crippen LogP contribution in [0.5, 0.6) is 0 Å². The minimum Gasteiger partial charge on any atom is -0.300 e. The second-order valence-corrected chi connectivity index (χ2v) is 19.2. The summed E-state index contributed by atoms with van der Waals surface area (Å²) in [6.07, 6.45) is 5.10. The number of benzene rings is 1. The normalized spacial score (nSPS) is 26.0. The summed E-state index contributed by atoms with van der Waals surface area (Å²) >= 11 is 0. The first-order chi connectivity index (χ1) is 13.6. The van der Waals surface area contributed by atoms with E-state index in [1.807, 2.05) is 0 Å². The first kappa shape index (κ1) is 24.1. The van der Waals surface area contributed by atoms with Crippen molar-refractivity contribution < 1.29 is 9.59 Å². The highest BCUT2D eigenvalue weighted by Crippen LogP contribution is 2.68. The molecular formula is C26H40O2P2. The molecule has 0 spiro atoms. The number of carbonyl (C=O) groups excluding carboxylic acids is 2. The van der Waals surface area contributed by atoms with Crippen LogP contribution in [0.1, 0.15) is 92.2 Å². The highest BCUT2D eigenvalue weighted by Gasteiger charge is 2.47. The maximum atomic E-state index is 12.3. The van der Waals surface area contributed by atoms with Crippen LogP contribution < -0.4 is 0 Å². The van der Waals surface area contributed by atoms with Gasteiger partial charge in [0.05, 0.1) is 0 Å². The molecule has 2 saturated heterocycles. The summed E-state index contributed by atoms with van der Waals surface area (Å²) < 4.78 is 0. The monoisotopic (exact) mass is 446 g/mol. The average Bonchev–Trinajstić information content (AvgIpc) is 2.53. The fourth-order valence-electron chi connectivity index (χ4n) is 6.12. The molecule has 1 aromatic rings. The van der Waals surface area contributed by atoms with Gasteiger partial charge in [0, 0.05) is 25.7 Å². The number of rotatable bonds is 4. The van der Waals surface area contributed by atoms with Crippen molar-refractivity contribution in [1.82, 2.24) is 0 Å². The fraction of sp³-hybridized carbons (Fsp3) is 0.692. The molecule has 0 aromatic heterocycles. The molecule has 2 aliphatic rings. The Labute approximate surface area is 186 Å². The van der Waals surface area contributed by atoms with Gasteiger partial charge in [-0.1, -0.05) is 95.5 Å². The van der Waals surface area contributed by atoms with Crippen molar-refractivity contribution in [3.05, 3.63) is 35.4 Å². The predicted octanol–water partition coefficient (Wildman–Crippen LogP) is 7.49. The number of Topliss-reactive ketones (excluding diaryl/α,β-unsaturated/α-hetero) is 2. The molecule has 2 fully saturated rings. The summed E-state index contributed by atoms with van der Waals surface area (Å²) in [5, 5.41) is 0.397. The molecule has 3 rings (SSSR count). The van der Waals surface area contributed by atoms with Gasteiger partial charge in [0.15, 0.2) is 0 Å². The van der Waals surface area contributed by atoms with Crippen LogP contribution in [0.15, 0.2) is 24.3 Å². The molecule has 0 unspecified atom stereocenters. The molecule has 1 aromatic carbocycles. The molecular weight excluding hydrogens is 406 g/mol. The minimum atomic E-state index is -0.297. The quantitative estimate of drug-likeness (QED) is 0.449. The van der Waals surface area contributed by atoms with E-state index in [0.717, 1.165) is 38.0 Å². The Bertz CT molecular complexity index is 730. The van der Waals surface area contributed by atoms with Crippen molar-refractivity contribution in [2.75, 3.05) is 0 Å². The van der Waals surface area contributed by atoms with E-state index in [9.17, 15) is 9.59 Å². The molecule has 0 saturated carbocycles. The largest absolute Gasteiger partial charge is 0.300 e. The van der Waals surface area contributed by atoms with Crippen molar-refractivity contribution in [3.8, 4) is 0 Å². The molecule has 0 N–H and O–H groups in total. The Morgan fingerprint density at radius 1 is 0.633 bits per heavy atom. The van der Waals surface area contributed by atoms with Gasteiger partial charge in [0.25, 0.3) is 0 Å². The topological polar surface area (TPSA) is 34.1 Å². The summed E-state index contributed by atoms with van der Waals surface area (Å²) in [6.45, 7) is 18.4. The highest BCUT2D eigenvalue weighted by atomic mass is 31.1. The second kappa shape index (κ2) is 8.08. The van der Waals surface area contributed by atoms with Crippen LogP contribution in [0.4, 0.5) is 0 Å². The first-order valence-corrected chi connectivity index (χ1v) is 14.3. The van der Waals surface area contributed by atoms with E-state index in [-0.39, 0.29) is 36.5 Å². The van der Waals surface area contributed by atoms with Crippen LogP contribution in [-0.2, 0) is 21.9 Å². The van der Waals surface area contributed by atoms with Gasteiger partial charge >= 0.3 is 0 Å². The third-order valence-corrected chi connectivity index (χ3v) is 15.0. The highest BCUT2D eigenvalue weighted by molar-refractivity contribution is 7.60. The number of carbonyl (C=O) groups is 2. The second-order valence-electron chi connectivity index (χ2n) is 12.0. The van der Waals surface area contributed by atoms with Crippen molar-refractivity contribution in [2.24, 2.45) is 0 Å².